The van der Waals surface area contributed by atoms with Crippen LogP contribution in [-0.4, -0.2) is 79.0 Å². The lowest BCUT2D eigenvalue weighted by Crippen LogP contribution is -2.51. The van der Waals surface area contributed by atoms with Gasteiger partial charge in [-0.3, -0.25) is 19.4 Å². The summed E-state index contributed by atoms with van der Waals surface area (Å²) >= 11 is 0. The van der Waals surface area contributed by atoms with Gasteiger partial charge < -0.3 is 9.64 Å². The number of nitrogens with zero attached hydrogens (tertiary/aromatic N) is 4. The number of amides is 4. The molecule has 2 fully saturated rings. The van der Waals surface area contributed by atoms with Crippen LogP contribution in [0.15, 0.2) is 24.3 Å². The van der Waals surface area contributed by atoms with Crippen LogP contribution in [0.4, 0.5) is 10.5 Å². The lowest BCUT2D eigenvalue weighted by Gasteiger charge is -2.37. The smallest absolute Gasteiger partial charge is 0.335 e. The van der Waals surface area contributed by atoms with Gasteiger partial charge in [0.1, 0.15) is 5.75 Å². The van der Waals surface area contributed by atoms with E-state index in [1.165, 1.54) is 0 Å². The zero-order valence-electron chi connectivity index (χ0n) is 15.9. The molecule has 2 aliphatic rings. The van der Waals surface area contributed by atoms with Crippen molar-refractivity contribution in [2.24, 2.45) is 0 Å². The zero-order valence-corrected chi connectivity index (χ0v) is 15.9. The number of benzene rings is 1. The fourth-order valence-corrected chi connectivity index (χ4v) is 3.33. The molecular weight excluding hydrogens is 348 g/mol. The lowest BCUT2D eigenvalue weighted by molar-refractivity contribution is -0.144. The molecule has 0 atom stereocenters. The average Bonchev–Trinajstić information content (AvgIpc) is 2.90. The third kappa shape index (κ3) is 4.05. The van der Waals surface area contributed by atoms with Crippen molar-refractivity contribution in [1.82, 2.24) is 14.7 Å². The maximum atomic E-state index is 12.4. The van der Waals surface area contributed by atoms with Crippen molar-refractivity contribution in [3.05, 3.63) is 24.3 Å². The van der Waals surface area contributed by atoms with E-state index in [2.05, 4.69) is 4.90 Å². The summed E-state index contributed by atoms with van der Waals surface area (Å²) in [4.78, 5) is 43.1. The quantitative estimate of drug-likeness (QED) is 0.530. The molecule has 1 aromatic carbocycles. The van der Waals surface area contributed by atoms with E-state index in [0.29, 0.717) is 26.1 Å². The zero-order chi connectivity index (χ0) is 19.4. The Morgan fingerprint density at radius 3 is 2.15 bits per heavy atom. The van der Waals surface area contributed by atoms with Crippen LogP contribution in [-0.2, 0) is 9.59 Å². The fraction of sp³-hybridized carbons (Fsp3) is 0.526. The molecule has 8 nitrogen and oxygen atoms in total. The summed E-state index contributed by atoms with van der Waals surface area (Å²) < 4.78 is 5.18. The first-order valence-corrected chi connectivity index (χ1v) is 9.33. The van der Waals surface area contributed by atoms with Crippen LogP contribution < -0.4 is 9.64 Å². The van der Waals surface area contributed by atoms with Crippen molar-refractivity contribution >= 4 is 23.5 Å². The SMILES string of the molecule is CCCCN1C(=O)C(=O)N(CN2CCN(c3ccc(OC)cc3)CC2)C1=O. The van der Waals surface area contributed by atoms with Crippen LogP contribution in [0.1, 0.15) is 19.8 Å². The molecule has 0 N–H and O–H groups in total. The summed E-state index contributed by atoms with van der Waals surface area (Å²) in [7, 11) is 1.64. The molecule has 1 aromatic rings. The predicted octanol–water partition coefficient (Wildman–Crippen LogP) is 1.37. The predicted molar refractivity (Wildman–Crippen MR) is 101 cm³/mol. The van der Waals surface area contributed by atoms with Crippen molar-refractivity contribution in [3.8, 4) is 5.75 Å². The fourth-order valence-electron chi connectivity index (χ4n) is 3.33. The Balaban J connectivity index is 1.54. The highest BCUT2D eigenvalue weighted by atomic mass is 16.5. The highest BCUT2D eigenvalue weighted by Gasteiger charge is 2.44. The monoisotopic (exact) mass is 374 g/mol. The van der Waals surface area contributed by atoms with Gasteiger partial charge in [0.2, 0.25) is 0 Å². The van der Waals surface area contributed by atoms with Crippen LogP contribution in [0.3, 0.4) is 0 Å². The number of anilines is 1. The van der Waals surface area contributed by atoms with Gasteiger partial charge in [-0.1, -0.05) is 13.3 Å². The standard InChI is InChI=1S/C19H26N4O4/c1-3-4-9-22-17(24)18(25)23(19(22)26)14-20-10-12-21(13-11-20)15-5-7-16(27-2)8-6-15/h5-8H,3-4,9-14H2,1-2H3. The second kappa shape index (κ2) is 8.39. The molecule has 0 bridgehead atoms. The van der Waals surface area contributed by atoms with Crippen LogP contribution >= 0.6 is 0 Å². The molecule has 2 aliphatic heterocycles. The Labute approximate surface area is 159 Å². The molecule has 8 heteroatoms. The van der Waals surface area contributed by atoms with Crippen LogP contribution in [0.2, 0.25) is 0 Å². The van der Waals surface area contributed by atoms with Gasteiger partial charge >= 0.3 is 17.8 Å². The van der Waals surface area contributed by atoms with Crippen LogP contribution in [0.5, 0.6) is 5.75 Å². The molecule has 27 heavy (non-hydrogen) atoms. The van der Waals surface area contributed by atoms with E-state index in [4.69, 9.17) is 4.74 Å². The second-order valence-corrected chi connectivity index (χ2v) is 6.77. The third-order valence-electron chi connectivity index (χ3n) is 5.02. The number of hydrogen-bond donors (Lipinski definition) is 0. The van der Waals surface area contributed by atoms with Crippen molar-refractivity contribution in [2.45, 2.75) is 19.8 Å². The molecule has 146 valence electrons. The first-order valence-electron chi connectivity index (χ1n) is 9.33. The Hall–Kier alpha value is -2.61. The number of ether oxygens (including phenoxy) is 1. The number of hydrogen-bond acceptors (Lipinski definition) is 6. The normalized spacial score (nSPS) is 18.6. The van der Waals surface area contributed by atoms with Gasteiger partial charge in [-0.15, -0.1) is 0 Å². The Bertz CT molecular complexity index is 698. The van der Waals surface area contributed by atoms with Crippen LogP contribution in [0.25, 0.3) is 0 Å². The first kappa shape index (κ1) is 19.2. The molecule has 3 rings (SSSR count). The van der Waals surface area contributed by atoms with Gasteiger partial charge in [0.15, 0.2) is 0 Å². The van der Waals surface area contributed by atoms with Gasteiger partial charge in [0.05, 0.1) is 13.8 Å². The van der Waals surface area contributed by atoms with Gasteiger partial charge in [0, 0.05) is 38.4 Å². The molecule has 2 saturated heterocycles. The number of carbonyl (C=O) groups excluding carboxylic acids is 3. The summed E-state index contributed by atoms with van der Waals surface area (Å²) in [5.74, 6) is -0.597. The van der Waals surface area contributed by atoms with E-state index in [1.807, 2.05) is 36.1 Å². The van der Waals surface area contributed by atoms with Gasteiger partial charge in [-0.2, -0.15) is 0 Å². The Morgan fingerprint density at radius 2 is 1.56 bits per heavy atom. The summed E-state index contributed by atoms with van der Waals surface area (Å²) in [5, 5.41) is 0. The minimum absolute atomic E-state index is 0.169. The number of rotatable bonds is 7. The van der Waals surface area contributed by atoms with Crippen molar-refractivity contribution < 1.29 is 19.1 Å². The number of methoxy groups -OCH3 is 1. The van der Waals surface area contributed by atoms with E-state index < -0.39 is 17.8 Å². The maximum Gasteiger partial charge on any atom is 0.335 e. The van der Waals surface area contributed by atoms with Crippen molar-refractivity contribution in [2.75, 3.05) is 51.4 Å². The van der Waals surface area contributed by atoms with E-state index >= 15 is 0 Å². The van der Waals surface area contributed by atoms with Gasteiger partial charge in [-0.25, -0.2) is 9.69 Å². The van der Waals surface area contributed by atoms with Crippen molar-refractivity contribution in [1.29, 1.82) is 0 Å². The topological polar surface area (TPSA) is 73.4 Å². The number of imide groups is 2. The molecular formula is C19H26N4O4. The van der Waals surface area contributed by atoms with E-state index in [-0.39, 0.29) is 6.67 Å². The molecule has 4 amide bonds. The molecule has 0 radical (unpaired) electrons. The van der Waals surface area contributed by atoms with E-state index in [1.54, 1.807) is 7.11 Å². The minimum atomic E-state index is -0.714. The molecule has 0 aromatic heterocycles. The van der Waals surface area contributed by atoms with Crippen LogP contribution in [0, 0.1) is 0 Å². The Kier molecular flexibility index (Phi) is 5.95. The van der Waals surface area contributed by atoms with E-state index in [9.17, 15) is 14.4 Å². The van der Waals surface area contributed by atoms with Gasteiger partial charge in [-0.05, 0) is 30.7 Å². The first-order chi connectivity index (χ1) is 13.0. The summed E-state index contributed by atoms with van der Waals surface area (Å²) in [6.07, 6.45) is 1.57. The third-order valence-corrected chi connectivity index (χ3v) is 5.02. The summed E-state index contributed by atoms with van der Waals surface area (Å²) in [6, 6.07) is 7.41. The van der Waals surface area contributed by atoms with Crippen molar-refractivity contribution in [3.63, 3.8) is 0 Å². The average molecular weight is 374 g/mol. The molecule has 2 heterocycles. The highest BCUT2D eigenvalue weighted by molar-refractivity contribution is 6.44. The highest BCUT2D eigenvalue weighted by Crippen LogP contribution is 2.21. The largest absolute Gasteiger partial charge is 0.497 e. The summed E-state index contributed by atoms with van der Waals surface area (Å²) in [6.45, 7) is 5.46. The lowest BCUT2D eigenvalue weighted by atomic mass is 10.2. The minimum Gasteiger partial charge on any atom is -0.497 e. The summed E-state index contributed by atoms with van der Waals surface area (Å²) in [5.41, 5.74) is 1.12. The molecule has 0 aliphatic carbocycles. The number of unbranched alkanes of at least 4 members (excludes halogenated alkanes) is 1. The maximum absolute atomic E-state index is 12.4. The van der Waals surface area contributed by atoms with Gasteiger partial charge in [0.25, 0.3) is 0 Å². The molecule has 0 saturated carbocycles. The molecule has 0 spiro atoms. The number of carbonyl (C=O) groups is 3. The number of piperazine rings is 1. The number of urea groups is 1. The second-order valence-electron chi connectivity index (χ2n) is 6.77. The van der Waals surface area contributed by atoms with E-state index in [0.717, 1.165) is 40.7 Å². The molecule has 0 unspecified atom stereocenters. The Morgan fingerprint density at radius 1 is 0.926 bits per heavy atom.